The second-order valence-electron chi connectivity index (χ2n) is 13.2. The molecule has 7 aromatic rings. The average Bonchev–Trinajstić information content (AvgIpc) is 3.22. The van der Waals surface area contributed by atoms with Crippen LogP contribution in [-0.2, 0) is 12.0 Å². The van der Waals surface area contributed by atoms with Crippen molar-refractivity contribution in [1.82, 2.24) is 15.0 Å². The van der Waals surface area contributed by atoms with Crippen LogP contribution in [0.25, 0.3) is 34.2 Å². The van der Waals surface area contributed by atoms with E-state index in [0.29, 0.717) is 35.7 Å². The fraction of sp³-hybridized carbons (Fsp3) is 0.0870. The van der Waals surface area contributed by atoms with Crippen molar-refractivity contribution in [2.75, 3.05) is 0 Å². The molecule has 53 heavy (non-hydrogen) atoms. The molecule has 0 radical (unpaired) electrons. The van der Waals surface area contributed by atoms with Gasteiger partial charge < -0.3 is 0 Å². The first-order valence-corrected chi connectivity index (χ1v) is 18.3. The summed E-state index contributed by atoms with van der Waals surface area (Å²) in [4.78, 5) is 32.0. The maximum Gasteiger partial charge on any atom is 0.164 e. The molecule has 0 spiro atoms. The van der Waals surface area contributed by atoms with Gasteiger partial charge in [-0.1, -0.05) is 171 Å². The third kappa shape index (κ3) is 6.99. The van der Waals surface area contributed by atoms with Gasteiger partial charge in [0.25, 0.3) is 0 Å². The second kappa shape index (κ2) is 14.7. The Balaban J connectivity index is 1.24. The molecule has 0 amide bonds. The quantitative estimate of drug-likeness (QED) is 0.122. The predicted octanol–water partition coefficient (Wildman–Crippen LogP) is 10.8. The fourth-order valence-corrected chi connectivity index (χ4v) is 8.11. The van der Waals surface area contributed by atoms with E-state index >= 15 is 0 Å². The Morgan fingerprint density at radius 1 is 0.566 bits per heavy atom. The van der Waals surface area contributed by atoms with Gasteiger partial charge in [0, 0.05) is 43.0 Å². The van der Waals surface area contributed by atoms with Crippen LogP contribution in [0.4, 0.5) is 0 Å². The molecule has 0 unspecified atom stereocenters. The van der Waals surface area contributed by atoms with Crippen LogP contribution in [0, 0.1) is 0 Å². The molecule has 7 heteroatoms. The molecule has 0 atom stereocenters. The first-order chi connectivity index (χ1) is 26.0. The van der Waals surface area contributed by atoms with Gasteiger partial charge >= 0.3 is 0 Å². The van der Waals surface area contributed by atoms with Crippen molar-refractivity contribution in [1.29, 1.82) is 0 Å². The Bertz CT molecular complexity index is 2430. The predicted molar refractivity (Wildman–Crippen MR) is 218 cm³/mol. The summed E-state index contributed by atoms with van der Waals surface area (Å²) in [5, 5.41) is 0. The zero-order chi connectivity index (χ0) is 36.2. The highest BCUT2D eigenvalue weighted by Gasteiger charge is 2.33. The molecule has 0 N–H and O–H groups in total. The molecular weight excluding hydrogens is 669 g/mol. The maximum absolute atomic E-state index is 5.23. The number of fused-ring (bicyclic) bond motifs is 2. The highest BCUT2D eigenvalue weighted by molar-refractivity contribution is 7.99. The van der Waals surface area contributed by atoms with Gasteiger partial charge in [-0.15, -0.1) is 0 Å². The van der Waals surface area contributed by atoms with Crippen LogP contribution in [0.3, 0.4) is 0 Å². The minimum absolute atomic E-state index is 0.138. The highest BCUT2D eigenvalue weighted by Crippen LogP contribution is 2.50. The first-order valence-electron chi connectivity index (χ1n) is 17.5. The van der Waals surface area contributed by atoms with E-state index in [0.717, 1.165) is 33.4 Å². The molecule has 0 fully saturated rings. The minimum Gasteiger partial charge on any atom is -0.261 e. The monoisotopic (exact) mass is 704 g/mol. The van der Waals surface area contributed by atoms with Gasteiger partial charge in [0.1, 0.15) is 0 Å². The van der Waals surface area contributed by atoms with Crippen molar-refractivity contribution in [3.8, 4) is 34.2 Å². The number of hydrogen-bond donors (Lipinski definition) is 0. The van der Waals surface area contributed by atoms with E-state index in [1.54, 1.807) is 0 Å². The summed E-state index contributed by atoms with van der Waals surface area (Å²) in [5.41, 5.74) is 7.96. The summed E-state index contributed by atoms with van der Waals surface area (Å²) in [6.07, 6.45) is 0. The van der Waals surface area contributed by atoms with Gasteiger partial charge in [-0.25, -0.2) is 24.9 Å². The Labute approximate surface area is 314 Å². The summed E-state index contributed by atoms with van der Waals surface area (Å²) in [6, 6.07) is 53.1. The largest absolute Gasteiger partial charge is 0.261 e. The summed E-state index contributed by atoms with van der Waals surface area (Å²) >= 11 is 1.82. The van der Waals surface area contributed by atoms with Crippen molar-refractivity contribution in [2.45, 2.75) is 35.6 Å². The average molecular weight is 705 g/mol. The molecule has 2 heterocycles. The van der Waals surface area contributed by atoms with Crippen LogP contribution >= 0.6 is 11.8 Å². The SMILES string of the molecule is C=NC(=NC(=NCc1cccc2c1Sc1ccccc1C2(C)C)c1cccc(-c2nc(-c3ccccc3)nc(-c3ccccc3)n2)c1)c1ccccc1. The third-order valence-corrected chi connectivity index (χ3v) is 10.7. The minimum atomic E-state index is -0.138. The number of hydrogen-bond acceptors (Lipinski definition) is 5. The molecule has 1 aliphatic rings. The van der Waals surface area contributed by atoms with Crippen molar-refractivity contribution >= 4 is 30.2 Å². The lowest BCUT2D eigenvalue weighted by molar-refractivity contribution is 0.604. The van der Waals surface area contributed by atoms with E-state index in [2.05, 4.69) is 68.0 Å². The smallest absolute Gasteiger partial charge is 0.164 e. The lowest BCUT2D eigenvalue weighted by Gasteiger charge is -2.35. The fourth-order valence-electron chi connectivity index (χ4n) is 6.61. The van der Waals surface area contributed by atoms with Crippen molar-refractivity contribution in [2.24, 2.45) is 15.0 Å². The maximum atomic E-state index is 5.23. The molecule has 6 nitrogen and oxygen atoms in total. The molecule has 0 saturated carbocycles. The number of rotatable bonds is 7. The van der Waals surface area contributed by atoms with Crippen LogP contribution < -0.4 is 0 Å². The Kier molecular flexibility index (Phi) is 9.40. The van der Waals surface area contributed by atoms with Gasteiger partial charge in [-0.05, 0) is 35.5 Å². The molecule has 0 bridgehead atoms. The first kappa shape index (κ1) is 33.8. The van der Waals surface area contributed by atoms with E-state index in [4.69, 9.17) is 24.9 Å². The summed E-state index contributed by atoms with van der Waals surface area (Å²) in [5.74, 6) is 2.79. The van der Waals surface area contributed by atoms with Crippen LogP contribution in [0.1, 0.15) is 41.7 Å². The van der Waals surface area contributed by atoms with Crippen LogP contribution in [0.5, 0.6) is 0 Å². The number of amidine groups is 2. The lowest BCUT2D eigenvalue weighted by atomic mass is 9.77. The van der Waals surface area contributed by atoms with E-state index in [1.165, 1.54) is 20.9 Å². The van der Waals surface area contributed by atoms with E-state index in [1.807, 2.05) is 127 Å². The molecule has 0 aliphatic carbocycles. The van der Waals surface area contributed by atoms with Gasteiger partial charge in [0.2, 0.25) is 0 Å². The molecular formula is C46H36N6S. The van der Waals surface area contributed by atoms with Gasteiger partial charge in [-0.3, -0.25) is 4.99 Å². The van der Waals surface area contributed by atoms with Crippen LogP contribution in [-0.4, -0.2) is 33.3 Å². The Morgan fingerprint density at radius 3 is 1.75 bits per heavy atom. The topological polar surface area (TPSA) is 75.8 Å². The summed E-state index contributed by atoms with van der Waals surface area (Å²) in [7, 11) is 0. The van der Waals surface area contributed by atoms with Crippen molar-refractivity contribution < 1.29 is 0 Å². The van der Waals surface area contributed by atoms with Crippen LogP contribution in [0.15, 0.2) is 182 Å². The standard InChI is InChI=1S/C46H36N6S/c1-46(2)37-26-13-14-28-39(37)53-40-36(25-16-27-38(40)46)30-48-42(49-41(47-3)31-17-7-4-8-18-31)34-23-15-24-35(29-34)45-51-43(32-19-9-5-10-20-32)50-44(52-45)33-21-11-6-12-22-33/h4-29H,3,30H2,1-2H3. The molecule has 256 valence electrons. The zero-order valence-electron chi connectivity index (χ0n) is 29.5. The Morgan fingerprint density at radius 2 is 1.09 bits per heavy atom. The van der Waals surface area contributed by atoms with Crippen LogP contribution in [0.2, 0.25) is 0 Å². The zero-order valence-corrected chi connectivity index (χ0v) is 30.3. The molecule has 6 aromatic carbocycles. The van der Waals surface area contributed by atoms with Crippen molar-refractivity contribution in [3.63, 3.8) is 0 Å². The molecule has 1 aromatic heterocycles. The number of nitrogens with zero attached hydrogens (tertiary/aromatic N) is 6. The third-order valence-electron chi connectivity index (χ3n) is 9.41. The summed E-state index contributed by atoms with van der Waals surface area (Å²) in [6.45, 7) is 8.90. The summed E-state index contributed by atoms with van der Waals surface area (Å²) < 4.78 is 0. The Hall–Kier alpha value is -6.31. The number of aromatic nitrogens is 3. The van der Waals surface area contributed by atoms with Crippen molar-refractivity contribution in [3.05, 3.63) is 186 Å². The molecule has 1 aliphatic heterocycles. The lowest BCUT2D eigenvalue weighted by Crippen LogP contribution is -2.24. The molecule has 8 rings (SSSR count). The molecule has 0 saturated heterocycles. The van der Waals surface area contributed by atoms with E-state index in [9.17, 15) is 0 Å². The second-order valence-corrected chi connectivity index (χ2v) is 14.3. The van der Waals surface area contributed by atoms with Gasteiger partial charge in [0.05, 0.1) is 6.54 Å². The highest BCUT2D eigenvalue weighted by atomic mass is 32.2. The van der Waals surface area contributed by atoms with Gasteiger partial charge in [-0.2, -0.15) is 0 Å². The van der Waals surface area contributed by atoms with Gasteiger partial charge in [0.15, 0.2) is 29.1 Å². The normalized spacial score (nSPS) is 13.5. The number of aliphatic imine (C=N–C) groups is 3. The van der Waals surface area contributed by atoms with E-state index < -0.39 is 0 Å². The number of benzene rings is 6. The van der Waals surface area contributed by atoms with E-state index in [-0.39, 0.29) is 5.41 Å².